The Hall–Kier alpha value is -0.800. The third-order valence-electron chi connectivity index (χ3n) is 2.92. The van der Waals surface area contributed by atoms with Crippen LogP contribution >= 0.6 is 27.3 Å². The van der Waals surface area contributed by atoms with E-state index in [0.29, 0.717) is 30.5 Å². The first-order chi connectivity index (χ1) is 8.99. The second-order valence-corrected chi connectivity index (χ2v) is 6.40. The molecule has 6 nitrogen and oxygen atoms in total. The predicted octanol–water partition coefficient (Wildman–Crippen LogP) is 0.389. The molecular weight excluding hydrogens is 336 g/mol. The van der Waals surface area contributed by atoms with Gasteiger partial charge < -0.3 is 15.5 Å². The Bertz CT molecular complexity index is 503. The van der Waals surface area contributed by atoms with Gasteiger partial charge in [-0.1, -0.05) is 0 Å². The van der Waals surface area contributed by atoms with Crippen molar-refractivity contribution in [3.63, 3.8) is 0 Å². The molecule has 19 heavy (non-hydrogen) atoms. The Morgan fingerprint density at radius 3 is 2.89 bits per heavy atom. The van der Waals surface area contributed by atoms with Gasteiger partial charge in [0.05, 0.1) is 9.83 Å². The molecule has 4 N–H and O–H groups in total. The number of carbonyl (C=O) groups excluding carboxylic acids is 2. The molecule has 2 amide bonds. The van der Waals surface area contributed by atoms with Gasteiger partial charge in [0.15, 0.2) is 6.29 Å². The van der Waals surface area contributed by atoms with Crippen LogP contribution in [0.25, 0.3) is 0 Å². The van der Waals surface area contributed by atoms with E-state index in [-0.39, 0.29) is 11.8 Å². The van der Waals surface area contributed by atoms with Crippen molar-refractivity contribution in [3.8, 4) is 0 Å². The summed E-state index contributed by atoms with van der Waals surface area (Å²) < 4.78 is 0.787. The molecule has 1 fully saturated rings. The largest absolute Gasteiger partial charge is 0.364 e. The molecule has 104 valence electrons. The second kappa shape index (κ2) is 6.10. The molecule has 0 radical (unpaired) electrons. The van der Waals surface area contributed by atoms with Crippen LogP contribution in [0.15, 0.2) is 9.17 Å². The van der Waals surface area contributed by atoms with E-state index in [9.17, 15) is 19.8 Å². The minimum Gasteiger partial charge on any atom is -0.364 e. The zero-order chi connectivity index (χ0) is 14.0. The van der Waals surface area contributed by atoms with E-state index in [2.05, 4.69) is 26.6 Å². The lowest BCUT2D eigenvalue weighted by Gasteiger charge is -2.22. The van der Waals surface area contributed by atoms with Crippen LogP contribution in [0, 0.1) is 0 Å². The van der Waals surface area contributed by atoms with Crippen molar-refractivity contribution in [2.75, 3.05) is 0 Å². The highest BCUT2D eigenvalue weighted by Crippen LogP contribution is 2.31. The minimum atomic E-state index is -1.54. The fraction of sp³-hybridized carbons (Fsp3) is 0.455. The van der Waals surface area contributed by atoms with E-state index in [1.165, 1.54) is 11.3 Å². The van der Waals surface area contributed by atoms with Gasteiger partial charge in [-0.25, -0.2) is 0 Å². The van der Waals surface area contributed by atoms with Crippen molar-refractivity contribution in [2.24, 2.45) is 0 Å². The number of aliphatic hydroxyl groups excluding tert-OH is 1. The van der Waals surface area contributed by atoms with Crippen LogP contribution < -0.4 is 10.6 Å². The number of hydrogen-bond acceptors (Lipinski definition) is 6. The number of rotatable bonds is 4. The van der Waals surface area contributed by atoms with E-state index >= 15 is 0 Å². The molecule has 2 rings (SSSR count). The number of imide groups is 1. The van der Waals surface area contributed by atoms with Crippen LogP contribution in [0.5, 0.6) is 0 Å². The second-order valence-electron chi connectivity index (χ2n) is 4.20. The molecule has 8 heteroatoms. The average Bonchev–Trinajstić information content (AvgIpc) is 2.70. The monoisotopic (exact) mass is 348 g/mol. The summed E-state index contributed by atoms with van der Waals surface area (Å²) in [6.45, 7) is 0.323. The number of nitrogens with one attached hydrogen (secondary N) is 2. The Labute approximate surface area is 121 Å². The normalized spacial score (nSPS) is 19.9. The maximum atomic E-state index is 11.6. The summed E-state index contributed by atoms with van der Waals surface area (Å²) in [6, 6.07) is -0.437. The zero-order valence-electron chi connectivity index (χ0n) is 9.85. The Morgan fingerprint density at radius 2 is 2.26 bits per heavy atom. The van der Waals surface area contributed by atoms with Crippen molar-refractivity contribution in [3.05, 3.63) is 20.3 Å². The van der Waals surface area contributed by atoms with Crippen molar-refractivity contribution in [1.82, 2.24) is 10.6 Å². The molecule has 1 atom stereocenters. The standard InChI is InChI=1S/C11H13BrN2O4S/c12-9-5(6(4-19-9)11(17)18)3-13-7-1-2-8(15)14-10(7)16/h4,7,11,13,17-18H,1-3H2,(H,14,15,16). The minimum absolute atomic E-state index is 0.258. The van der Waals surface area contributed by atoms with Gasteiger partial charge in [0.2, 0.25) is 11.8 Å². The fourth-order valence-electron chi connectivity index (χ4n) is 1.87. The molecule has 1 aromatic rings. The number of thiophene rings is 1. The zero-order valence-corrected chi connectivity index (χ0v) is 12.3. The number of aliphatic hydroxyl groups is 2. The van der Waals surface area contributed by atoms with Crippen LogP contribution in [0.3, 0.4) is 0 Å². The summed E-state index contributed by atoms with van der Waals surface area (Å²) >= 11 is 4.69. The number of carbonyl (C=O) groups is 2. The van der Waals surface area contributed by atoms with Crippen LogP contribution in [-0.4, -0.2) is 28.1 Å². The molecule has 1 saturated heterocycles. The molecule has 1 unspecified atom stereocenters. The van der Waals surface area contributed by atoms with E-state index < -0.39 is 12.3 Å². The van der Waals surface area contributed by atoms with E-state index in [0.717, 1.165) is 3.79 Å². The van der Waals surface area contributed by atoms with Crippen LogP contribution in [0.4, 0.5) is 0 Å². The van der Waals surface area contributed by atoms with Gasteiger partial charge in [0.25, 0.3) is 0 Å². The molecule has 0 aromatic carbocycles. The fourth-order valence-corrected chi connectivity index (χ4v) is 3.35. The van der Waals surface area contributed by atoms with E-state index in [4.69, 9.17) is 0 Å². The topological polar surface area (TPSA) is 98.7 Å². The quantitative estimate of drug-likeness (QED) is 0.466. The summed E-state index contributed by atoms with van der Waals surface area (Å²) in [5.74, 6) is -0.597. The van der Waals surface area contributed by atoms with Gasteiger partial charge in [-0.3, -0.25) is 14.9 Å². The van der Waals surface area contributed by atoms with E-state index in [1.807, 2.05) is 0 Å². The molecule has 0 aliphatic carbocycles. The van der Waals surface area contributed by atoms with Gasteiger partial charge in [-0.2, -0.15) is 0 Å². The number of halogens is 1. The first-order valence-corrected chi connectivity index (χ1v) is 7.35. The Balaban J connectivity index is 2.01. The summed E-state index contributed by atoms with van der Waals surface area (Å²) in [5.41, 5.74) is 1.13. The van der Waals surface area contributed by atoms with E-state index in [1.54, 1.807) is 5.38 Å². The van der Waals surface area contributed by atoms with Crippen molar-refractivity contribution in [2.45, 2.75) is 31.7 Å². The highest BCUT2D eigenvalue weighted by atomic mass is 79.9. The summed E-state index contributed by atoms with van der Waals surface area (Å²) in [7, 11) is 0. The highest BCUT2D eigenvalue weighted by molar-refractivity contribution is 9.11. The van der Waals surface area contributed by atoms with Crippen LogP contribution in [0.1, 0.15) is 30.3 Å². The smallest absolute Gasteiger partial charge is 0.243 e. The lowest BCUT2D eigenvalue weighted by Crippen LogP contribution is -2.50. The number of hydrogen-bond donors (Lipinski definition) is 4. The number of piperidine rings is 1. The third kappa shape index (κ3) is 3.40. The molecule has 1 aliphatic heterocycles. The van der Waals surface area contributed by atoms with Gasteiger partial charge >= 0.3 is 0 Å². The molecule has 0 spiro atoms. The molecule has 0 bridgehead atoms. The predicted molar refractivity (Wildman–Crippen MR) is 72.2 cm³/mol. The SMILES string of the molecule is O=C1CCC(NCc2c(C(O)O)csc2Br)C(=O)N1. The Morgan fingerprint density at radius 1 is 1.53 bits per heavy atom. The average molecular weight is 349 g/mol. The van der Waals surface area contributed by atoms with Crippen LogP contribution in [-0.2, 0) is 16.1 Å². The molecule has 0 saturated carbocycles. The van der Waals surface area contributed by atoms with Crippen LogP contribution in [0.2, 0.25) is 0 Å². The molecule has 1 aromatic heterocycles. The van der Waals surface area contributed by atoms with Gasteiger partial charge in [0.1, 0.15) is 0 Å². The lowest BCUT2D eigenvalue weighted by molar-refractivity contribution is -0.134. The van der Waals surface area contributed by atoms with Crippen molar-refractivity contribution < 1.29 is 19.8 Å². The van der Waals surface area contributed by atoms with Gasteiger partial charge in [-0.05, 0) is 27.9 Å². The molecular formula is C11H13BrN2O4S. The van der Waals surface area contributed by atoms with Gasteiger partial charge in [0, 0.05) is 23.9 Å². The van der Waals surface area contributed by atoms with Crippen molar-refractivity contribution >= 4 is 39.1 Å². The number of amides is 2. The first-order valence-electron chi connectivity index (χ1n) is 5.68. The Kier molecular flexibility index (Phi) is 4.69. The lowest BCUT2D eigenvalue weighted by atomic mass is 10.1. The third-order valence-corrected chi connectivity index (χ3v) is 4.78. The first kappa shape index (κ1) is 14.6. The summed E-state index contributed by atoms with van der Waals surface area (Å²) in [4.78, 5) is 22.6. The van der Waals surface area contributed by atoms with Gasteiger partial charge in [-0.15, -0.1) is 11.3 Å². The summed E-state index contributed by atoms with van der Waals surface area (Å²) in [6.07, 6.45) is -0.784. The molecule has 2 heterocycles. The summed E-state index contributed by atoms with van der Waals surface area (Å²) in [5, 5.41) is 25.4. The molecule has 1 aliphatic rings. The highest BCUT2D eigenvalue weighted by Gasteiger charge is 2.26. The van der Waals surface area contributed by atoms with Crippen molar-refractivity contribution in [1.29, 1.82) is 0 Å². The maximum absolute atomic E-state index is 11.6. The maximum Gasteiger partial charge on any atom is 0.243 e.